The van der Waals surface area contributed by atoms with Gasteiger partial charge in [-0.15, -0.1) is 11.8 Å². The van der Waals surface area contributed by atoms with Gasteiger partial charge in [0.1, 0.15) is 0 Å². The predicted octanol–water partition coefficient (Wildman–Crippen LogP) is 5.08. The van der Waals surface area contributed by atoms with Gasteiger partial charge >= 0.3 is 0 Å². The summed E-state index contributed by atoms with van der Waals surface area (Å²) in [6, 6.07) is 19.2. The van der Waals surface area contributed by atoms with Crippen molar-refractivity contribution >= 4 is 39.1 Å². The van der Waals surface area contributed by atoms with Crippen molar-refractivity contribution in [1.82, 2.24) is 0 Å². The van der Waals surface area contributed by atoms with Crippen molar-refractivity contribution in [3.8, 4) is 0 Å². The van der Waals surface area contributed by atoms with E-state index in [2.05, 4.69) is 10.0 Å². The Morgan fingerprint density at radius 2 is 1.62 bits per heavy atom. The number of thioether (sulfide) groups is 1. The Labute approximate surface area is 175 Å². The molecule has 1 amide bonds. The Morgan fingerprint density at radius 3 is 2.31 bits per heavy atom. The highest BCUT2D eigenvalue weighted by atomic mass is 32.2. The summed E-state index contributed by atoms with van der Waals surface area (Å²) in [6.45, 7) is 3.61. The summed E-state index contributed by atoms with van der Waals surface area (Å²) < 4.78 is 28.0. The van der Waals surface area contributed by atoms with Crippen molar-refractivity contribution < 1.29 is 13.2 Å². The molecule has 7 heteroatoms. The van der Waals surface area contributed by atoms with E-state index in [1.54, 1.807) is 55.1 Å². The summed E-state index contributed by atoms with van der Waals surface area (Å²) in [6.07, 6.45) is 1.97. The highest BCUT2D eigenvalue weighted by Crippen LogP contribution is 2.22. The first-order valence-corrected chi connectivity index (χ1v) is 11.6. The fraction of sp³-hybridized carbons (Fsp3) is 0.136. The number of sulfonamides is 1. The van der Waals surface area contributed by atoms with Gasteiger partial charge in [0.2, 0.25) is 0 Å². The summed E-state index contributed by atoms with van der Waals surface area (Å²) in [4.78, 5) is 13.8. The molecule has 0 aromatic heterocycles. The van der Waals surface area contributed by atoms with Crippen LogP contribution in [0.4, 0.5) is 11.4 Å². The van der Waals surface area contributed by atoms with E-state index in [4.69, 9.17) is 0 Å². The van der Waals surface area contributed by atoms with E-state index in [1.165, 1.54) is 0 Å². The van der Waals surface area contributed by atoms with Crippen LogP contribution in [-0.2, 0) is 10.0 Å². The molecular weight excluding hydrogens is 404 g/mol. The van der Waals surface area contributed by atoms with Gasteiger partial charge < -0.3 is 5.32 Å². The number of nitrogens with one attached hydrogen (secondary N) is 2. The van der Waals surface area contributed by atoms with E-state index in [0.717, 1.165) is 10.5 Å². The number of amides is 1. The quantitative estimate of drug-likeness (QED) is 0.539. The third kappa shape index (κ3) is 5.19. The fourth-order valence-electron chi connectivity index (χ4n) is 2.80. The molecular formula is C22H22N2O3S2. The lowest BCUT2D eigenvalue weighted by Crippen LogP contribution is -2.15. The van der Waals surface area contributed by atoms with E-state index in [-0.39, 0.29) is 10.8 Å². The average Bonchev–Trinajstić information content (AvgIpc) is 2.70. The highest BCUT2D eigenvalue weighted by Gasteiger charge is 2.17. The second-order valence-corrected chi connectivity index (χ2v) is 9.17. The molecule has 0 bridgehead atoms. The maximum Gasteiger partial charge on any atom is 0.262 e. The first kappa shape index (κ1) is 21.0. The SMILES string of the molecule is CSc1cccc(NC(=O)c2ccc(NS(=O)(=O)c3cc(C)ccc3C)cc2)c1. The van der Waals surface area contributed by atoms with Gasteiger partial charge in [-0.1, -0.05) is 18.2 Å². The summed E-state index contributed by atoms with van der Waals surface area (Å²) in [5.41, 5.74) is 3.09. The monoisotopic (exact) mass is 426 g/mol. The van der Waals surface area contributed by atoms with Crippen molar-refractivity contribution in [2.24, 2.45) is 0 Å². The second kappa shape index (κ2) is 8.71. The van der Waals surface area contributed by atoms with Crippen molar-refractivity contribution in [1.29, 1.82) is 0 Å². The van der Waals surface area contributed by atoms with Crippen LogP contribution in [0.1, 0.15) is 21.5 Å². The minimum atomic E-state index is -3.71. The standard InChI is InChI=1S/C22H22N2O3S2/c1-15-7-8-16(2)21(13-15)29(26,27)24-18-11-9-17(10-12-18)22(25)23-19-5-4-6-20(14-19)28-3/h4-14,24H,1-3H3,(H,23,25). The van der Waals surface area contributed by atoms with Crippen LogP contribution in [-0.4, -0.2) is 20.6 Å². The molecule has 0 atom stereocenters. The van der Waals surface area contributed by atoms with E-state index in [9.17, 15) is 13.2 Å². The number of benzene rings is 3. The van der Waals surface area contributed by atoms with Gasteiger partial charge in [-0.2, -0.15) is 0 Å². The van der Waals surface area contributed by atoms with Crippen LogP contribution in [0.2, 0.25) is 0 Å². The Hall–Kier alpha value is -2.77. The zero-order valence-electron chi connectivity index (χ0n) is 16.4. The maximum atomic E-state index is 12.7. The van der Waals surface area contributed by atoms with Crippen LogP contribution < -0.4 is 10.0 Å². The van der Waals surface area contributed by atoms with Gasteiger partial charge in [0.05, 0.1) is 4.90 Å². The van der Waals surface area contributed by atoms with E-state index in [0.29, 0.717) is 22.5 Å². The first-order valence-electron chi connectivity index (χ1n) is 8.94. The molecule has 0 spiro atoms. The van der Waals surface area contributed by atoms with Crippen molar-refractivity contribution in [3.63, 3.8) is 0 Å². The molecule has 0 saturated heterocycles. The smallest absolute Gasteiger partial charge is 0.262 e. The van der Waals surface area contributed by atoms with Gasteiger partial charge in [-0.25, -0.2) is 8.42 Å². The molecule has 0 aliphatic carbocycles. The molecule has 0 unspecified atom stereocenters. The third-order valence-electron chi connectivity index (χ3n) is 4.36. The second-order valence-electron chi connectivity index (χ2n) is 6.64. The number of carbonyl (C=O) groups is 1. The average molecular weight is 427 g/mol. The highest BCUT2D eigenvalue weighted by molar-refractivity contribution is 7.98. The molecule has 29 heavy (non-hydrogen) atoms. The molecule has 0 fully saturated rings. The summed E-state index contributed by atoms with van der Waals surface area (Å²) >= 11 is 1.60. The predicted molar refractivity (Wildman–Crippen MR) is 119 cm³/mol. The molecule has 150 valence electrons. The number of hydrogen-bond acceptors (Lipinski definition) is 4. The van der Waals surface area contributed by atoms with Crippen molar-refractivity contribution in [2.75, 3.05) is 16.3 Å². The fourth-order valence-corrected chi connectivity index (χ4v) is 4.65. The number of hydrogen-bond donors (Lipinski definition) is 2. The van der Waals surface area contributed by atoms with E-state index in [1.807, 2.05) is 43.5 Å². The number of carbonyl (C=O) groups excluding carboxylic acids is 1. The molecule has 3 aromatic rings. The zero-order valence-corrected chi connectivity index (χ0v) is 18.0. The number of aryl methyl sites for hydroxylation is 2. The van der Waals surface area contributed by atoms with Crippen LogP contribution in [0.3, 0.4) is 0 Å². The molecule has 0 heterocycles. The minimum Gasteiger partial charge on any atom is -0.322 e. The molecule has 0 saturated carbocycles. The number of anilines is 2. The van der Waals surface area contributed by atoms with Crippen LogP contribution in [0.15, 0.2) is 76.5 Å². The molecule has 3 aromatic carbocycles. The molecule has 3 rings (SSSR count). The van der Waals surface area contributed by atoms with Gasteiger partial charge in [-0.05, 0) is 79.8 Å². The normalized spacial score (nSPS) is 11.1. The topological polar surface area (TPSA) is 75.3 Å². The summed E-state index contributed by atoms with van der Waals surface area (Å²) in [5.74, 6) is -0.257. The Bertz CT molecular complexity index is 1140. The van der Waals surface area contributed by atoms with Crippen molar-refractivity contribution in [2.45, 2.75) is 23.6 Å². The van der Waals surface area contributed by atoms with E-state index >= 15 is 0 Å². The van der Waals surface area contributed by atoms with Gasteiger partial charge in [-0.3, -0.25) is 9.52 Å². The third-order valence-corrected chi connectivity index (χ3v) is 6.61. The van der Waals surface area contributed by atoms with Gasteiger partial charge in [0.25, 0.3) is 15.9 Å². The molecule has 0 radical (unpaired) electrons. The summed E-state index contributed by atoms with van der Waals surface area (Å²) in [5, 5.41) is 2.85. The lowest BCUT2D eigenvalue weighted by molar-refractivity contribution is 0.102. The lowest BCUT2D eigenvalue weighted by Gasteiger charge is -2.12. The molecule has 0 aliphatic rings. The molecule has 2 N–H and O–H groups in total. The van der Waals surface area contributed by atoms with Gasteiger partial charge in [0, 0.05) is 21.8 Å². The van der Waals surface area contributed by atoms with E-state index < -0.39 is 10.0 Å². The maximum absolute atomic E-state index is 12.7. The lowest BCUT2D eigenvalue weighted by atomic mass is 10.2. The summed E-state index contributed by atoms with van der Waals surface area (Å²) in [7, 11) is -3.71. The first-order chi connectivity index (χ1) is 13.8. The Kier molecular flexibility index (Phi) is 6.30. The van der Waals surface area contributed by atoms with Crippen molar-refractivity contribution in [3.05, 3.63) is 83.4 Å². The number of rotatable bonds is 6. The van der Waals surface area contributed by atoms with Crippen LogP contribution >= 0.6 is 11.8 Å². The largest absolute Gasteiger partial charge is 0.322 e. The van der Waals surface area contributed by atoms with Crippen LogP contribution in [0.5, 0.6) is 0 Å². The molecule has 0 aliphatic heterocycles. The minimum absolute atomic E-state index is 0.244. The molecule has 5 nitrogen and oxygen atoms in total. The zero-order chi connectivity index (χ0) is 21.0. The Morgan fingerprint density at radius 1 is 0.897 bits per heavy atom. The Balaban J connectivity index is 1.74. The van der Waals surface area contributed by atoms with Crippen LogP contribution in [0.25, 0.3) is 0 Å². The van der Waals surface area contributed by atoms with Crippen LogP contribution in [0, 0.1) is 13.8 Å². The van der Waals surface area contributed by atoms with Gasteiger partial charge in [0.15, 0.2) is 0 Å².